The smallest absolute Gasteiger partial charge is 0.259 e. The first kappa shape index (κ1) is 9.08. The van der Waals surface area contributed by atoms with Crippen LogP contribution in [0.1, 0.15) is 0 Å². The minimum absolute atomic E-state index is 0.0256. The van der Waals surface area contributed by atoms with Gasteiger partial charge >= 0.3 is 0 Å². The number of aromatic nitrogens is 2. The molecule has 0 aliphatic carbocycles. The summed E-state index contributed by atoms with van der Waals surface area (Å²) in [4.78, 5) is 17.0. The van der Waals surface area contributed by atoms with Crippen molar-refractivity contribution in [3.05, 3.63) is 39.4 Å². The van der Waals surface area contributed by atoms with Gasteiger partial charge in [-0.3, -0.25) is 9.78 Å². The summed E-state index contributed by atoms with van der Waals surface area (Å²) in [5.74, 6) is -2.15. The summed E-state index contributed by atoms with van der Waals surface area (Å²) in [7, 11) is 0. The average molecular weight is 217 g/mol. The van der Waals surface area contributed by atoms with Crippen LogP contribution < -0.4 is 5.56 Å². The van der Waals surface area contributed by atoms with Crippen LogP contribution in [-0.2, 0) is 0 Å². The minimum atomic E-state index is -1.09. The van der Waals surface area contributed by atoms with Gasteiger partial charge in [0, 0.05) is 6.07 Å². The quantitative estimate of drug-likeness (QED) is 0.683. The highest BCUT2D eigenvalue weighted by molar-refractivity contribution is 6.28. The first-order valence-corrected chi connectivity index (χ1v) is 4.00. The predicted molar refractivity (Wildman–Crippen MR) is 47.3 cm³/mol. The molecule has 1 heterocycles. The summed E-state index contributed by atoms with van der Waals surface area (Å²) in [5.41, 5.74) is -0.573. The van der Waals surface area contributed by atoms with Crippen molar-refractivity contribution in [3.63, 3.8) is 0 Å². The molecule has 0 saturated carbocycles. The van der Waals surface area contributed by atoms with Gasteiger partial charge in [0.05, 0.1) is 10.9 Å². The van der Waals surface area contributed by atoms with Crippen molar-refractivity contribution in [1.29, 1.82) is 0 Å². The van der Waals surface area contributed by atoms with Crippen LogP contribution in [0.25, 0.3) is 10.9 Å². The van der Waals surface area contributed by atoms with Crippen LogP contribution in [0.3, 0.4) is 0 Å². The number of aromatic amines is 1. The van der Waals surface area contributed by atoms with E-state index in [-0.39, 0.29) is 16.2 Å². The fourth-order valence-corrected chi connectivity index (χ4v) is 1.28. The third-order valence-electron chi connectivity index (χ3n) is 1.72. The van der Waals surface area contributed by atoms with Gasteiger partial charge in [-0.2, -0.15) is 0 Å². The van der Waals surface area contributed by atoms with Gasteiger partial charge in [-0.05, 0) is 17.7 Å². The summed E-state index contributed by atoms with van der Waals surface area (Å²) < 4.78 is 25.5. The molecule has 1 aromatic heterocycles. The lowest BCUT2D eigenvalue weighted by Gasteiger charge is -1.98. The Morgan fingerprint density at radius 3 is 2.64 bits per heavy atom. The molecule has 0 atom stereocenters. The van der Waals surface area contributed by atoms with Gasteiger partial charge in [-0.15, -0.1) is 0 Å². The summed E-state index contributed by atoms with van der Waals surface area (Å²) in [5, 5.41) is -0.193. The summed E-state index contributed by atoms with van der Waals surface area (Å²) in [6.07, 6.45) is 0. The summed E-state index contributed by atoms with van der Waals surface area (Å²) in [6.45, 7) is 0. The standard InChI is InChI=1S/C8H3ClF2N2O/c9-8-12-6-2-5(11)4(10)1-3(6)7(14)13-8/h1-2H,(H,12,13,14). The maximum Gasteiger partial charge on any atom is 0.259 e. The van der Waals surface area contributed by atoms with E-state index in [1.807, 2.05) is 0 Å². The van der Waals surface area contributed by atoms with Crippen molar-refractivity contribution in [3.8, 4) is 0 Å². The second-order valence-electron chi connectivity index (χ2n) is 2.64. The molecule has 0 amide bonds. The van der Waals surface area contributed by atoms with Gasteiger partial charge in [0.15, 0.2) is 11.6 Å². The molecule has 0 bridgehead atoms. The minimum Gasteiger partial charge on any atom is -0.297 e. The Kier molecular flexibility index (Phi) is 1.96. The van der Waals surface area contributed by atoms with Gasteiger partial charge < -0.3 is 0 Å². The molecule has 14 heavy (non-hydrogen) atoms. The van der Waals surface area contributed by atoms with Crippen molar-refractivity contribution < 1.29 is 8.78 Å². The van der Waals surface area contributed by atoms with Crippen LogP contribution in [0.4, 0.5) is 8.78 Å². The maximum absolute atomic E-state index is 12.7. The Balaban J connectivity index is 2.96. The predicted octanol–water partition coefficient (Wildman–Crippen LogP) is 1.85. The highest BCUT2D eigenvalue weighted by Crippen LogP contribution is 2.14. The molecule has 0 radical (unpaired) electrons. The van der Waals surface area contributed by atoms with Crippen molar-refractivity contribution in [2.45, 2.75) is 0 Å². The van der Waals surface area contributed by atoms with E-state index in [0.717, 1.165) is 12.1 Å². The Morgan fingerprint density at radius 1 is 1.29 bits per heavy atom. The van der Waals surface area contributed by atoms with E-state index in [1.54, 1.807) is 0 Å². The highest BCUT2D eigenvalue weighted by atomic mass is 35.5. The first-order valence-electron chi connectivity index (χ1n) is 3.62. The molecule has 0 aliphatic heterocycles. The normalized spacial score (nSPS) is 10.8. The topological polar surface area (TPSA) is 45.8 Å². The second kappa shape index (κ2) is 3.02. The highest BCUT2D eigenvalue weighted by Gasteiger charge is 2.08. The summed E-state index contributed by atoms with van der Waals surface area (Å²) in [6, 6.07) is 1.61. The molecular formula is C8H3ClF2N2O. The number of hydrogen-bond donors (Lipinski definition) is 1. The number of benzene rings is 1. The third-order valence-corrected chi connectivity index (χ3v) is 1.90. The van der Waals surface area contributed by atoms with E-state index < -0.39 is 17.2 Å². The van der Waals surface area contributed by atoms with E-state index in [1.165, 1.54) is 0 Å². The van der Waals surface area contributed by atoms with Crippen LogP contribution in [0, 0.1) is 11.6 Å². The van der Waals surface area contributed by atoms with Crippen LogP contribution in [0.15, 0.2) is 16.9 Å². The molecule has 72 valence electrons. The molecule has 0 aliphatic rings. The Labute approximate surface area is 81.3 Å². The number of rotatable bonds is 0. The lowest BCUT2D eigenvalue weighted by atomic mass is 10.2. The number of H-pyrrole nitrogens is 1. The fourth-order valence-electron chi connectivity index (χ4n) is 1.11. The number of fused-ring (bicyclic) bond motifs is 1. The van der Waals surface area contributed by atoms with Crippen LogP contribution >= 0.6 is 11.6 Å². The van der Waals surface area contributed by atoms with E-state index in [0.29, 0.717) is 0 Å². The van der Waals surface area contributed by atoms with Gasteiger partial charge in [0.1, 0.15) is 0 Å². The average Bonchev–Trinajstić information content (AvgIpc) is 2.08. The van der Waals surface area contributed by atoms with Gasteiger partial charge in [0.25, 0.3) is 5.56 Å². The van der Waals surface area contributed by atoms with Crippen molar-refractivity contribution in [1.82, 2.24) is 9.97 Å². The molecule has 3 nitrogen and oxygen atoms in total. The molecular weight excluding hydrogens is 214 g/mol. The number of nitrogens with one attached hydrogen (secondary N) is 1. The SMILES string of the molecule is O=c1[nH]c(Cl)nc2cc(F)c(F)cc12. The van der Waals surface area contributed by atoms with Crippen LogP contribution in [-0.4, -0.2) is 9.97 Å². The zero-order valence-electron chi connectivity index (χ0n) is 6.64. The molecule has 0 fully saturated rings. The fraction of sp³-hybridized carbons (Fsp3) is 0. The number of nitrogens with zero attached hydrogens (tertiary/aromatic N) is 1. The van der Waals surface area contributed by atoms with Crippen LogP contribution in [0.5, 0.6) is 0 Å². The second-order valence-corrected chi connectivity index (χ2v) is 3.00. The zero-order chi connectivity index (χ0) is 10.3. The Hall–Kier alpha value is -1.49. The van der Waals surface area contributed by atoms with Crippen LogP contribution in [0.2, 0.25) is 5.28 Å². The zero-order valence-corrected chi connectivity index (χ0v) is 7.40. The molecule has 0 spiro atoms. The maximum atomic E-state index is 12.7. The van der Waals surface area contributed by atoms with E-state index in [4.69, 9.17) is 11.6 Å². The molecule has 2 aromatic rings. The largest absolute Gasteiger partial charge is 0.297 e. The number of halogens is 3. The molecule has 1 aromatic carbocycles. The van der Waals surface area contributed by atoms with Crippen molar-refractivity contribution in [2.24, 2.45) is 0 Å². The lowest BCUT2D eigenvalue weighted by molar-refractivity contribution is 0.510. The molecule has 0 saturated heterocycles. The summed E-state index contributed by atoms with van der Waals surface area (Å²) >= 11 is 5.43. The Morgan fingerprint density at radius 2 is 1.93 bits per heavy atom. The Bertz CT molecular complexity index is 567. The lowest BCUT2D eigenvalue weighted by Crippen LogP contribution is -2.08. The monoisotopic (exact) mass is 216 g/mol. The molecule has 2 rings (SSSR count). The molecule has 1 N–H and O–H groups in total. The molecule has 0 unspecified atom stereocenters. The molecule has 6 heteroatoms. The van der Waals surface area contributed by atoms with Crippen molar-refractivity contribution >= 4 is 22.5 Å². The third kappa shape index (κ3) is 1.35. The van der Waals surface area contributed by atoms with Gasteiger partial charge in [0.2, 0.25) is 5.28 Å². The van der Waals surface area contributed by atoms with Gasteiger partial charge in [-0.1, -0.05) is 0 Å². The van der Waals surface area contributed by atoms with E-state index in [9.17, 15) is 13.6 Å². The van der Waals surface area contributed by atoms with E-state index in [2.05, 4.69) is 9.97 Å². The first-order chi connectivity index (χ1) is 6.58. The number of hydrogen-bond acceptors (Lipinski definition) is 2. The van der Waals surface area contributed by atoms with Crippen molar-refractivity contribution in [2.75, 3.05) is 0 Å². The van der Waals surface area contributed by atoms with E-state index >= 15 is 0 Å². The van der Waals surface area contributed by atoms with Gasteiger partial charge in [-0.25, -0.2) is 13.8 Å².